The molecule has 0 fully saturated rings. The molecule has 0 spiro atoms. The Kier molecular flexibility index (Phi) is 25.4. The van der Waals surface area contributed by atoms with Crippen molar-refractivity contribution in [2.45, 2.75) is 162 Å². The van der Waals surface area contributed by atoms with E-state index in [1.807, 2.05) is 5.70 Å². The fourth-order valence-electron chi connectivity index (χ4n) is 4.24. The number of hydrogen-bond donors (Lipinski definition) is 0. The second-order valence-electron chi connectivity index (χ2n) is 9.99. The minimum atomic E-state index is -2.15. The third kappa shape index (κ3) is 23.0. The van der Waals surface area contributed by atoms with E-state index in [0.717, 1.165) is 26.1 Å². The van der Waals surface area contributed by atoms with E-state index in [4.69, 9.17) is 8.85 Å². The van der Waals surface area contributed by atoms with Gasteiger partial charge in [-0.25, -0.2) is 0 Å². The molecule has 0 N–H and O–H groups in total. The number of rotatable bonds is 27. The van der Waals surface area contributed by atoms with Crippen LogP contribution in [0.15, 0.2) is 12.3 Å². The smallest absolute Gasteiger partial charge is 0.361 e. The highest BCUT2D eigenvalue weighted by Crippen LogP contribution is 2.15. The van der Waals surface area contributed by atoms with Gasteiger partial charge in [-0.15, -0.1) is 6.58 Å². The molecule has 3 heteroatoms. The largest absolute Gasteiger partial charge is 0.391 e. The summed E-state index contributed by atoms with van der Waals surface area (Å²) in [5.41, 5.74) is 1.96. The topological polar surface area (TPSA) is 18.5 Å². The van der Waals surface area contributed by atoms with Crippen LogP contribution in [-0.4, -0.2) is 21.8 Å². The number of hydrogen-bond acceptors (Lipinski definition) is 2. The summed E-state index contributed by atoms with van der Waals surface area (Å²) in [5.74, 6) is 0. The van der Waals surface area contributed by atoms with E-state index in [2.05, 4.69) is 27.0 Å². The molecule has 0 heterocycles. The molecule has 0 aromatic heterocycles. The highest BCUT2D eigenvalue weighted by Gasteiger charge is 2.26. The Morgan fingerprint density at radius 3 is 0.969 bits per heavy atom. The first-order chi connectivity index (χ1) is 15.7. The van der Waals surface area contributed by atoms with Crippen LogP contribution in [0.25, 0.3) is 0 Å². The van der Waals surface area contributed by atoms with Gasteiger partial charge in [-0.3, -0.25) is 0 Å². The quantitative estimate of drug-likeness (QED) is 0.0881. The molecular weight excluding hydrogens is 408 g/mol. The second kappa shape index (κ2) is 25.5. The van der Waals surface area contributed by atoms with Gasteiger partial charge in [0, 0.05) is 13.2 Å². The summed E-state index contributed by atoms with van der Waals surface area (Å²) >= 11 is 0. The molecule has 0 amide bonds. The van der Waals surface area contributed by atoms with E-state index in [1.54, 1.807) is 0 Å². The van der Waals surface area contributed by atoms with Gasteiger partial charge in [0.05, 0.1) is 0 Å². The van der Waals surface area contributed by atoms with Gasteiger partial charge >= 0.3 is 8.56 Å². The van der Waals surface area contributed by atoms with Crippen LogP contribution in [0.5, 0.6) is 0 Å². The Bertz CT molecular complexity index is 374. The molecule has 0 aliphatic rings. The van der Waals surface area contributed by atoms with Crippen LogP contribution in [0.2, 0.25) is 6.55 Å². The zero-order chi connectivity index (χ0) is 23.6. The van der Waals surface area contributed by atoms with E-state index >= 15 is 0 Å². The fraction of sp³-hybridized carbons (Fsp3) is 0.931. The van der Waals surface area contributed by atoms with Crippen LogP contribution >= 0.6 is 0 Å². The maximum absolute atomic E-state index is 6.16. The molecule has 1 atom stereocenters. The zero-order valence-electron chi connectivity index (χ0n) is 22.6. The van der Waals surface area contributed by atoms with Crippen molar-refractivity contribution in [1.29, 1.82) is 0 Å². The molecule has 0 aromatic carbocycles. The van der Waals surface area contributed by atoms with Gasteiger partial charge in [-0.05, 0) is 25.1 Å². The van der Waals surface area contributed by atoms with Gasteiger partial charge in [-0.2, -0.15) is 0 Å². The molecule has 0 aliphatic carbocycles. The first kappa shape index (κ1) is 31.9. The van der Waals surface area contributed by atoms with Crippen molar-refractivity contribution in [3.05, 3.63) is 12.3 Å². The lowest BCUT2D eigenvalue weighted by Crippen LogP contribution is -2.37. The van der Waals surface area contributed by atoms with Crippen molar-refractivity contribution < 1.29 is 8.85 Å². The van der Waals surface area contributed by atoms with Gasteiger partial charge in [0.25, 0.3) is 0 Å². The normalized spacial score (nSPS) is 13.3. The molecule has 0 aliphatic heterocycles. The first-order valence-corrected chi connectivity index (χ1v) is 17.0. The molecule has 0 aromatic rings. The van der Waals surface area contributed by atoms with E-state index in [-0.39, 0.29) is 0 Å². The zero-order valence-corrected chi connectivity index (χ0v) is 23.6. The summed E-state index contributed by atoms with van der Waals surface area (Å²) < 4.78 is 12.3. The monoisotopic (exact) mass is 468 g/mol. The molecular formula is C29H60O2Si. The summed E-state index contributed by atoms with van der Waals surface area (Å²) in [7, 11) is -2.15. The summed E-state index contributed by atoms with van der Waals surface area (Å²) in [5, 5.41) is 0. The average molecular weight is 469 g/mol. The highest BCUT2D eigenvalue weighted by molar-refractivity contribution is 6.71. The predicted molar refractivity (Wildman–Crippen MR) is 147 cm³/mol. The highest BCUT2D eigenvalue weighted by atomic mass is 28.4. The van der Waals surface area contributed by atoms with Gasteiger partial charge in [0.1, 0.15) is 0 Å². The standard InChI is InChI=1S/C29H60O2Si/c1-5-8-10-12-14-16-17-18-19-20-21-23-25-27-29-31-32(4,7-3)30-28-26-24-22-15-13-11-9-6-2/h7H,3,5-6,8-29H2,1-2,4H3. The molecule has 2 nitrogen and oxygen atoms in total. The Labute approximate surface area is 204 Å². The Balaban J connectivity index is 3.41. The Morgan fingerprint density at radius 2 is 0.719 bits per heavy atom. The van der Waals surface area contributed by atoms with Crippen molar-refractivity contribution in [3.8, 4) is 0 Å². The summed E-state index contributed by atoms with van der Waals surface area (Å²) in [6, 6.07) is 0. The maximum Gasteiger partial charge on any atom is 0.361 e. The van der Waals surface area contributed by atoms with Gasteiger partial charge in [0.15, 0.2) is 0 Å². The molecule has 0 saturated carbocycles. The summed E-state index contributed by atoms with van der Waals surface area (Å²) in [4.78, 5) is 0. The van der Waals surface area contributed by atoms with E-state index in [0.29, 0.717) is 0 Å². The number of unbranched alkanes of at least 4 members (excludes halogenated alkanes) is 20. The molecule has 0 saturated heterocycles. The lowest BCUT2D eigenvalue weighted by Gasteiger charge is -2.23. The fourth-order valence-corrected chi connectivity index (χ4v) is 5.66. The molecule has 192 valence electrons. The Hall–Kier alpha value is -0.123. The van der Waals surface area contributed by atoms with E-state index in [1.165, 1.54) is 128 Å². The van der Waals surface area contributed by atoms with Crippen molar-refractivity contribution in [2.24, 2.45) is 0 Å². The van der Waals surface area contributed by atoms with Crippen LogP contribution in [0.1, 0.15) is 155 Å². The third-order valence-corrected chi connectivity index (χ3v) is 8.94. The first-order valence-electron chi connectivity index (χ1n) is 14.6. The SMILES string of the molecule is C=C[Si](C)(OCCCCCCCCCC)OCCCCCCCCCCCCCCCC. The van der Waals surface area contributed by atoms with Crippen LogP contribution in [-0.2, 0) is 8.85 Å². The van der Waals surface area contributed by atoms with Gasteiger partial charge < -0.3 is 8.85 Å². The van der Waals surface area contributed by atoms with Crippen molar-refractivity contribution >= 4 is 8.56 Å². The van der Waals surface area contributed by atoms with Crippen LogP contribution < -0.4 is 0 Å². The predicted octanol–water partition coefficient (Wildman–Crippen LogP) is 10.4. The summed E-state index contributed by atoms with van der Waals surface area (Å²) in [6.45, 7) is 12.4. The van der Waals surface area contributed by atoms with Crippen molar-refractivity contribution in [1.82, 2.24) is 0 Å². The lowest BCUT2D eigenvalue weighted by atomic mass is 10.0. The maximum atomic E-state index is 6.16. The molecule has 0 radical (unpaired) electrons. The molecule has 0 rings (SSSR count). The Morgan fingerprint density at radius 1 is 0.469 bits per heavy atom. The molecule has 1 unspecified atom stereocenters. The van der Waals surface area contributed by atoms with Gasteiger partial charge in [0.2, 0.25) is 0 Å². The summed E-state index contributed by atoms with van der Waals surface area (Å²) in [6.07, 6.45) is 30.2. The minimum absolute atomic E-state index is 0.836. The molecule has 32 heavy (non-hydrogen) atoms. The van der Waals surface area contributed by atoms with Gasteiger partial charge in [-0.1, -0.05) is 142 Å². The van der Waals surface area contributed by atoms with E-state index in [9.17, 15) is 0 Å². The molecule has 0 bridgehead atoms. The second-order valence-corrected chi connectivity index (χ2v) is 13.0. The third-order valence-electron chi connectivity index (χ3n) is 6.64. The lowest BCUT2D eigenvalue weighted by molar-refractivity contribution is 0.177. The van der Waals surface area contributed by atoms with Crippen LogP contribution in [0.3, 0.4) is 0 Å². The van der Waals surface area contributed by atoms with Crippen LogP contribution in [0.4, 0.5) is 0 Å². The van der Waals surface area contributed by atoms with Crippen molar-refractivity contribution in [2.75, 3.05) is 13.2 Å². The van der Waals surface area contributed by atoms with Crippen LogP contribution in [0, 0.1) is 0 Å². The van der Waals surface area contributed by atoms with E-state index < -0.39 is 8.56 Å². The minimum Gasteiger partial charge on any atom is -0.391 e. The van der Waals surface area contributed by atoms with Crippen molar-refractivity contribution in [3.63, 3.8) is 0 Å². The average Bonchev–Trinajstić information content (AvgIpc) is 2.80.